The molecule has 3 heterocycles. The summed E-state index contributed by atoms with van der Waals surface area (Å²) in [6, 6.07) is 7.92. The fourth-order valence-electron chi connectivity index (χ4n) is 5.59. The highest BCUT2D eigenvalue weighted by Crippen LogP contribution is 2.36. The minimum atomic E-state index is -0.144. The van der Waals surface area contributed by atoms with Gasteiger partial charge in [0.15, 0.2) is 11.5 Å². The van der Waals surface area contributed by atoms with Crippen LogP contribution in [0.15, 0.2) is 36.7 Å². The van der Waals surface area contributed by atoms with E-state index in [1.54, 1.807) is 19.5 Å². The van der Waals surface area contributed by atoms with Crippen LogP contribution in [0.3, 0.4) is 0 Å². The molecule has 0 N–H and O–H groups in total. The predicted octanol–water partition coefficient (Wildman–Crippen LogP) is 3.63. The molecule has 8 nitrogen and oxygen atoms in total. The van der Waals surface area contributed by atoms with Gasteiger partial charge in [0, 0.05) is 44.0 Å². The van der Waals surface area contributed by atoms with Crippen molar-refractivity contribution in [3.63, 3.8) is 0 Å². The number of carbonyl (C=O) groups is 1. The molecule has 1 aromatic heterocycles. The van der Waals surface area contributed by atoms with Gasteiger partial charge in [-0.15, -0.1) is 0 Å². The number of hydrogen-bond acceptors (Lipinski definition) is 7. The van der Waals surface area contributed by atoms with Crippen molar-refractivity contribution >= 4 is 5.91 Å². The summed E-state index contributed by atoms with van der Waals surface area (Å²) in [6.07, 6.45) is 9.97. The lowest BCUT2D eigenvalue weighted by atomic mass is 9.92. The lowest BCUT2D eigenvalue weighted by Gasteiger charge is -2.42. The molecule has 1 amide bonds. The highest BCUT2D eigenvalue weighted by atomic mass is 16.5. The first-order valence-corrected chi connectivity index (χ1v) is 12.5. The first-order chi connectivity index (χ1) is 16.7. The molecule has 1 atom stereocenters. The normalized spacial score (nSPS) is 22.6. The number of methoxy groups -OCH3 is 1. The molecule has 2 aliphatic heterocycles. The number of ether oxygens (including phenoxy) is 3. The maximum absolute atomic E-state index is 13.5. The van der Waals surface area contributed by atoms with Crippen molar-refractivity contribution in [2.75, 3.05) is 40.0 Å². The Labute approximate surface area is 201 Å². The van der Waals surface area contributed by atoms with Crippen molar-refractivity contribution in [3.05, 3.63) is 42.4 Å². The zero-order chi connectivity index (χ0) is 23.3. The van der Waals surface area contributed by atoms with Crippen LogP contribution in [-0.4, -0.2) is 77.7 Å². The smallest absolute Gasteiger partial charge is 0.242 e. The number of aromatic nitrogens is 2. The Morgan fingerprint density at radius 3 is 2.50 bits per heavy atom. The third kappa shape index (κ3) is 4.88. The molecule has 1 aromatic carbocycles. The molecular weight excluding hydrogens is 432 g/mol. The van der Waals surface area contributed by atoms with Crippen LogP contribution in [0.25, 0.3) is 0 Å². The van der Waals surface area contributed by atoms with Gasteiger partial charge < -0.3 is 19.1 Å². The Morgan fingerprint density at radius 2 is 1.74 bits per heavy atom. The molecule has 0 spiro atoms. The monoisotopic (exact) mass is 466 g/mol. The van der Waals surface area contributed by atoms with E-state index in [-0.39, 0.29) is 17.9 Å². The molecule has 8 heteroatoms. The molecule has 0 bridgehead atoms. The largest absolute Gasteiger partial charge is 0.493 e. The van der Waals surface area contributed by atoms with Gasteiger partial charge in [0.1, 0.15) is 11.7 Å². The minimum absolute atomic E-state index is 0.144. The van der Waals surface area contributed by atoms with E-state index in [4.69, 9.17) is 14.2 Å². The van der Waals surface area contributed by atoms with Crippen LogP contribution in [0.1, 0.15) is 50.1 Å². The number of hydrogen-bond donors (Lipinski definition) is 0. The van der Waals surface area contributed by atoms with Gasteiger partial charge in [-0.2, -0.15) is 0 Å². The lowest BCUT2D eigenvalue weighted by Crippen LogP contribution is -2.58. The summed E-state index contributed by atoms with van der Waals surface area (Å²) in [5.74, 6) is 2.18. The average Bonchev–Trinajstić information content (AvgIpc) is 3.44. The Hall–Kier alpha value is -2.71. The first-order valence-electron chi connectivity index (χ1n) is 12.5. The van der Waals surface area contributed by atoms with Gasteiger partial charge in [-0.3, -0.25) is 14.7 Å². The van der Waals surface area contributed by atoms with Gasteiger partial charge in [0.2, 0.25) is 11.8 Å². The molecule has 0 radical (unpaired) electrons. The third-order valence-corrected chi connectivity index (χ3v) is 7.41. The fourth-order valence-corrected chi connectivity index (χ4v) is 5.59. The highest BCUT2D eigenvalue weighted by Gasteiger charge is 2.38. The molecular formula is C26H34N4O4. The Kier molecular flexibility index (Phi) is 7.25. The lowest BCUT2D eigenvalue weighted by molar-refractivity contribution is -0.146. The van der Waals surface area contributed by atoms with E-state index in [0.717, 1.165) is 31.7 Å². The second-order valence-electron chi connectivity index (χ2n) is 9.37. The van der Waals surface area contributed by atoms with Gasteiger partial charge in [-0.25, -0.2) is 4.98 Å². The number of piperidine rings is 1. The molecule has 3 aliphatic rings. The number of rotatable bonds is 6. The molecule has 1 aliphatic carbocycles. The fraction of sp³-hybridized carbons (Fsp3) is 0.577. The van der Waals surface area contributed by atoms with E-state index >= 15 is 0 Å². The van der Waals surface area contributed by atoms with Crippen molar-refractivity contribution < 1.29 is 19.0 Å². The number of para-hydroxylation sites is 2. The molecule has 3 fully saturated rings. The van der Waals surface area contributed by atoms with E-state index in [9.17, 15) is 4.79 Å². The van der Waals surface area contributed by atoms with Crippen LogP contribution >= 0.6 is 0 Å². The van der Waals surface area contributed by atoms with Gasteiger partial charge >= 0.3 is 0 Å². The Morgan fingerprint density at radius 1 is 1.00 bits per heavy atom. The van der Waals surface area contributed by atoms with Crippen LogP contribution in [-0.2, 0) is 9.53 Å². The topological polar surface area (TPSA) is 77.0 Å². The zero-order valence-electron chi connectivity index (χ0n) is 19.9. The Balaban J connectivity index is 1.24. The van der Waals surface area contributed by atoms with Gasteiger partial charge in [-0.1, -0.05) is 25.0 Å². The van der Waals surface area contributed by atoms with Crippen LogP contribution in [0, 0.1) is 0 Å². The number of carbonyl (C=O) groups excluding carboxylic acids is 1. The molecule has 2 aromatic rings. The maximum atomic E-state index is 13.5. The van der Waals surface area contributed by atoms with Crippen LogP contribution in [0.4, 0.5) is 0 Å². The summed E-state index contributed by atoms with van der Waals surface area (Å²) < 4.78 is 17.3. The summed E-state index contributed by atoms with van der Waals surface area (Å²) in [7, 11) is 1.62. The standard InChI is InChI=1S/C26H34N4O4/c1-32-22-8-4-5-9-23(22)34-25-24(27-12-13-28-25)19-10-14-29(15-11-19)26(31)21-18-33-17-16-30(21)20-6-2-3-7-20/h4-5,8-9,12-13,19-21H,2-3,6-7,10-11,14-18H2,1H3. The van der Waals surface area contributed by atoms with Crippen molar-refractivity contribution in [2.24, 2.45) is 0 Å². The maximum Gasteiger partial charge on any atom is 0.242 e. The van der Waals surface area contributed by atoms with Crippen molar-refractivity contribution in [3.8, 4) is 17.4 Å². The molecule has 2 saturated heterocycles. The summed E-state index contributed by atoms with van der Waals surface area (Å²) in [5, 5.41) is 0. The summed E-state index contributed by atoms with van der Waals surface area (Å²) in [4.78, 5) is 27.0. The number of amides is 1. The zero-order valence-corrected chi connectivity index (χ0v) is 19.9. The second-order valence-corrected chi connectivity index (χ2v) is 9.37. The van der Waals surface area contributed by atoms with Gasteiger partial charge in [-0.05, 0) is 37.8 Å². The Bertz CT molecular complexity index is 973. The minimum Gasteiger partial charge on any atom is -0.493 e. The summed E-state index contributed by atoms with van der Waals surface area (Å²) in [6.45, 7) is 3.52. The molecule has 5 rings (SSSR count). The average molecular weight is 467 g/mol. The van der Waals surface area contributed by atoms with E-state index in [1.165, 1.54) is 25.7 Å². The van der Waals surface area contributed by atoms with Crippen molar-refractivity contribution in [2.45, 2.75) is 56.5 Å². The number of likely N-dealkylation sites (tertiary alicyclic amines) is 1. The SMILES string of the molecule is COc1ccccc1Oc1nccnc1C1CCN(C(=O)C2COCCN2C2CCCC2)CC1. The summed E-state index contributed by atoms with van der Waals surface area (Å²) >= 11 is 0. The van der Waals surface area contributed by atoms with Gasteiger partial charge in [0.05, 0.1) is 20.3 Å². The van der Waals surface area contributed by atoms with E-state index in [0.29, 0.717) is 43.1 Å². The van der Waals surface area contributed by atoms with Crippen molar-refractivity contribution in [1.29, 1.82) is 0 Å². The first kappa shape index (κ1) is 23.1. The molecule has 1 unspecified atom stereocenters. The highest BCUT2D eigenvalue weighted by molar-refractivity contribution is 5.82. The third-order valence-electron chi connectivity index (χ3n) is 7.41. The number of nitrogens with zero attached hydrogens (tertiary/aromatic N) is 4. The summed E-state index contributed by atoms with van der Waals surface area (Å²) in [5.41, 5.74) is 0.842. The molecule has 182 valence electrons. The number of benzene rings is 1. The van der Waals surface area contributed by atoms with E-state index in [2.05, 4.69) is 14.9 Å². The van der Waals surface area contributed by atoms with Gasteiger partial charge in [0.25, 0.3) is 0 Å². The molecule has 1 saturated carbocycles. The van der Waals surface area contributed by atoms with Crippen LogP contribution in [0.2, 0.25) is 0 Å². The number of morpholine rings is 1. The quantitative estimate of drug-likeness (QED) is 0.643. The van der Waals surface area contributed by atoms with Crippen LogP contribution < -0.4 is 9.47 Å². The molecule has 34 heavy (non-hydrogen) atoms. The van der Waals surface area contributed by atoms with Crippen LogP contribution in [0.5, 0.6) is 17.4 Å². The van der Waals surface area contributed by atoms with E-state index < -0.39 is 0 Å². The predicted molar refractivity (Wildman–Crippen MR) is 127 cm³/mol. The van der Waals surface area contributed by atoms with E-state index in [1.807, 2.05) is 29.2 Å². The van der Waals surface area contributed by atoms with Crippen molar-refractivity contribution in [1.82, 2.24) is 19.8 Å². The second kappa shape index (κ2) is 10.7.